The lowest BCUT2D eigenvalue weighted by Crippen LogP contribution is -2.15. The van der Waals surface area contributed by atoms with E-state index in [2.05, 4.69) is 9.69 Å². The van der Waals surface area contributed by atoms with Crippen molar-refractivity contribution in [3.8, 4) is 11.1 Å². The molecule has 0 bridgehead atoms. The van der Waals surface area contributed by atoms with Crippen LogP contribution in [0.3, 0.4) is 0 Å². The van der Waals surface area contributed by atoms with Crippen molar-refractivity contribution in [2.45, 2.75) is 32.0 Å². The predicted octanol–water partition coefficient (Wildman–Crippen LogP) is 3.65. The summed E-state index contributed by atoms with van der Waals surface area (Å²) in [5.41, 5.74) is 3.61. The van der Waals surface area contributed by atoms with Gasteiger partial charge in [0.1, 0.15) is 16.0 Å². The fraction of sp³-hybridized carbons (Fsp3) is 0.238. The molecule has 0 radical (unpaired) electrons. The van der Waals surface area contributed by atoms with E-state index in [1.54, 1.807) is 6.07 Å². The Bertz CT molecular complexity index is 1410. The number of aromatic amines is 1. The zero-order valence-electron chi connectivity index (χ0n) is 14.8. The van der Waals surface area contributed by atoms with Crippen LogP contribution in [0.4, 0.5) is 4.39 Å². The summed E-state index contributed by atoms with van der Waals surface area (Å²) < 4.78 is 19.8. The maximum absolute atomic E-state index is 15.1. The van der Waals surface area contributed by atoms with Crippen molar-refractivity contribution in [3.05, 3.63) is 67.9 Å². The molecule has 3 heterocycles. The SMILES string of the molecule is O=c1[nH]sc2c1c(=O)c1cc(F)c(-c3ccc4c(c3)CNC4)cc1n2C1CC1. The highest BCUT2D eigenvalue weighted by Crippen LogP contribution is 2.41. The number of benzene rings is 2. The number of hydrogen-bond acceptors (Lipinski definition) is 4. The third kappa shape index (κ3) is 2.20. The minimum atomic E-state index is -0.441. The van der Waals surface area contributed by atoms with Crippen LogP contribution in [0.15, 0.2) is 39.9 Å². The van der Waals surface area contributed by atoms with Gasteiger partial charge in [0.25, 0.3) is 5.56 Å². The van der Waals surface area contributed by atoms with Gasteiger partial charge in [-0.25, -0.2) is 4.39 Å². The molecule has 0 amide bonds. The molecule has 6 rings (SSSR count). The van der Waals surface area contributed by atoms with Crippen LogP contribution in [-0.4, -0.2) is 8.94 Å². The second kappa shape index (κ2) is 5.62. The summed E-state index contributed by atoms with van der Waals surface area (Å²) in [4.78, 5) is 25.7. The van der Waals surface area contributed by atoms with Crippen LogP contribution in [0, 0.1) is 5.82 Å². The van der Waals surface area contributed by atoms with Gasteiger partial charge in [0, 0.05) is 30.1 Å². The first-order valence-electron chi connectivity index (χ1n) is 9.33. The van der Waals surface area contributed by atoms with E-state index in [4.69, 9.17) is 0 Å². The summed E-state index contributed by atoms with van der Waals surface area (Å²) in [6.07, 6.45) is 1.99. The highest BCUT2D eigenvalue weighted by molar-refractivity contribution is 7.12. The predicted molar refractivity (Wildman–Crippen MR) is 108 cm³/mol. The molecule has 2 aromatic heterocycles. The molecule has 140 valence electrons. The Morgan fingerprint density at radius 3 is 2.71 bits per heavy atom. The largest absolute Gasteiger partial charge is 0.328 e. The first kappa shape index (κ1) is 16.2. The average Bonchev–Trinajstić information content (AvgIpc) is 3.28. The van der Waals surface area contributed by atoms with Gasteiger partial charge in [-0.3, -0.25) is 14.0 Å². The third-order valence-electron chi connectivity index (χ3n) is 5.78. The van der Waals surface area contributed by atoms with Crippen LogP contribution in [0.2, 0.25) is 0 Å². The zero-order valence-corrected chi connectivity index (χ0v) is 15.7. The van der Waals surface area contributed by atoms with Gasteiger partial charge in [-0.1, -0.05) is 12.1 Å². The Labute approximate surface area is 162 Å². The number of rotatable bonds is 2. The van der Waals surface area contributed by atoms with Gasteiger partial charge in [0.05, 0.1) is 5.52 Å². The molecule has 4 aromatic rings. The van der Waals surface area contributed by atoms with E-state index in [0.717, 1.165) is 31.5 Å². The van der Waals surface area contributed by atoms with E-state index in [0.29, 0.717) is 15.9 Å². The number of aromatic nitrogens is 2. The summed E-state index contributed by atoms with van der Waals surface area (Å²) in [5, 5.41) is 3.71. The molecule has 0 atom stereocenters. The standard InChI is InChI=1S/C21H16FN3O2S/c22-16-6-15-17(7-14(16)10-1-2-11-8-23-9-12(11)5-10)25(13-3-4-13)21-18(19(15)26)20(27)24-28-21/h1-2,5-7,13,23H,3-4,8-9H2,(H,24,27). The normalized spacial score (nSPS) is 16.2. The van der Waals surface area contributed by atoms with Crippen molar-refractivity contribution in [3.63, 3.8) is 0 Å². The highest BCUT2D eigenvalue weighted by atomic mass is 32.1. The Kier molecular flexibility index (Phi) is 3.25. The van der Waals surface area contributed by atoms with Gasteiger partial charge in [-0.05, 0) is 59.3 Å². The maximum Gasteiger partial charge on any atom is 0.271 e. The highest BCUT2D eigenvalue weighted by Gasteiger charge is 2.29. The van der Waals surface area contributed by atoms with Gasteiger partial charge >= 0.3 is 0 Å². The molecule has 2 aliphatic rings. The van der Waals surface area contributed by atoms with E-state index in [1.807, 2.05) is 22.8 Å². The number of H-pyrrole nitrogens is 1. The zero-order chi connectivity index (χ0) is 19.0. The Morgan fingerprint density at radius 1 is 1.07 bits per heavy atom. The van der Waals surface area contributed by atoms with Crippen molar-refractivity contribution < 1.29 is 4.39 Å². The summed E-state index contributed by atoms with van der Waals surface area (Å²) in [6.45, 7) is 1.62. The van der Waals surface area contributed by atoms with Crippen molar-refractivity contribution in [1.82, 2.24) is 14.3 Å². The smallest absolute Gasteiger partial charge is 0.271 e. The van der Waals surface area contributed by atoms with Crippen LogP contribution < -0.4 is 16.3 Å². The number of halogens is 1. The Morgan fingerprint density at radius 2 is 1.89 bits per heavy atom. The first-order chi connectivity index (χ1) is 13.6. The van der Waals surface area contributed by atoms with Crippen LogP contribution in [0.1, 0.15) is 30.0 Å². The topological polar surface area (TPSA) is 66.9 Å². The minimum absolute atomic E-state index is 0.139. The minimum Gasteiger partial charge on any atom is -0.328 e. The second-order valence-electron chi connectivity index (χ2n) is 7.58. The van der Waals surface area contributed by atoms with Crippen molar-refractivity contribution in [1.29, 1.82) is 0 Å². The lowest BCUT2D eigenvalue weighted by Gasteiger charge is -2.14. The molecule has 0 spiro atoms. The molecule has 2 aromatic carbocycles. The van der Waals surface area contributed by atoms with Gasteiger partial charge in [-0.15, -0.1) is 0 Å². The summed E-state index contributed by atoms with van der Waals surface area (Å²) >= 11 is 1.18. The molecule has 1 aliphatic heterocycles. The quantitative estimate of drug-likeness (QED) is 0.546. The number of hydrogen-bond donors (Lipinski definition) is 2. The van der Waals surface area contributed by atoms with Crippen molar-refractivity contribution >= 4 is 32.7 Å². The molecule has 1 aliphatic carbocycles. The van der Waals surface area contributed by atoms with E-state index in [9.17, 15) is 9.59 Å². The second-order valence-corrected chi connectivity index (χ2v) is 8.37. The lowest BCUT2D eigenvalue weighted by molar-refractivity contribution is 0.632. The van der Waals surface area contributed by atoms with Crippen LogP contribution in [0.5, 0.6) is 0 Å². The monoisotopic (exact) mass is 393 g/mol. The molecule has 0 saturated heterocycles. The maximum atomic E-state index is 15.1. The van der Waals surface area contributed by atoms with Crippen molar-refractivity contribution in [2.75, 3.05) is 0 Å². The molecule has 2 N–H and O–H groups in total. The van der Waals surface area contributed by atoms with Gasteiger partial charge < -0.3 is 9.88 Å². The molecule has 5 nitrogen and oxygen atoms in total. The Hall–Kier alpha value is -2.77. The molecule has 0 unspecified atom stereocenters. The number of pyridine rings is 1. The fourth-order valence-corrected chi connectivity index (χ4v) is 5.15. The molecule has 7 heteroatoms. The van der Waals surface area contributed by atoms with E-state index < -0.39 is 16.8 Å². The average molecular weight is 393 g/mol. The molecular formula is C21H16FN3O2S. The number of nitrogens with zero attached hydrogens (tertiary/aromatic N) is 1. The van der Waals surface area contributed by atoms with Gasteiger partial charge in [0.15, 0.2) is 0 Å². The molecule has 1 saturated carbocycles. The molecule has 1 fully saturated rings. The van der Waals surface area contributed by atoms with Gasteiger partial charge in [-0.2, -0.15) is 0 Å². The van der Waals surface area contributed by atoms with Crippen LogP contribution in [-0.2, 0) is 13.1 Å². The Balaban J connectivity index is 1.70. The van der Waals surface area contributed by atoms with Crippen molar-refractivity contribution in [2.24, 2.45) is 0 Å². The fourth-order valence-electron chi connectivity index (χ4n) is 4.23. The summed E-state index contributed by atoms with van der Waals surface area (Å²) in [5.74, 6) is -0.441. The third-order valence-corrected chi connectivity index (χ3v) is 6.66. The lowest BCUT2D eigenvalue weighted by atomic mass is 9.98. The van der Waals surface area contributed by atoms with E-state index >= 15 is 4.39 Å². The van der Waals surface area contributed by atoms with Crippen LogP contribution in [0.25, 0.3) is 32.2 Å². The molecular weight excluding hydrogens is 377 g/mol. The van der Waals surface area contributed by atoms with Gasteiger partial charge in [0.2, 0.25) is 5.43 Å². The summed E-state index contributed by atoms with van der Waals surface area (Å²) in [7, 11) is 0. The first-order valence-corrected chi connectivity index (χ1v) is 10.2. The van der Waals surface area contributed by atoms with Crippen LogP contribution >= 0.6 is 11.5 Å². The summed E-state index contributed by atoms with van der Waals surface area (Å²) in [6, 6.07) is 9.31. The number of fused-ring (bicyclic) bond motifs is 3. The number of nitrogens with one attached hydrogen (secondary N) is 2. The molecule has 28 heavy (non-hydrogen) atoms. The van der Waals surface area contributed by atoms with E-state index in [-0.39, 0.29) is 16.8 Å². The van der Waals surface area contributed by atoms with E-state index in [1.165, 1.54) is 28.7 Å².